The molecule has 0 amide bonds. The third-order valence-electron chi connectivity index (χ3n) is 5.15. The summed E-state index contributed by atoms with van der Waals surface area (Å²) in [4.78, 5) is 2.66. The van der Waals surface area contributed by atoms with E-state index >= 15 is 0 Å². The summed E-state index contributed by atoms with van der Waals surface area (Å²) >= 11 is 0. The van der Waals surface area contributed by atoms with Gasteiger partial charge in [-0.05, 0) is 38.1 Å². The van der Waals surface area contributed by atoms with Crippen LogP contribution in [0.4, 0.5) is 0 Å². The lowest BCUT2D eigenvalue weighted by Gasteiger charge is -2.28. The minimum Gasteiger partial charge on any atom is -0.317 e. The van der Waals surface area contributed by atoms with E-state index in [9.17, 15) is 0 Å². The predicted molar refractivity (Wildman–Crippen MR) is 76.0 cm³/mol. The van der Waals surface area contributed by atoms with Gasteiger partial charge in [0.25, 0.3) is 0 Å². The van der Waals surface area contributed by atoms with Crippen LogP contribution in [0.15, 0.2) is 6.33 Å². The fraction of sp³-hybridized carbons (Fsp3) is 0.867. The van der Waals surface area contributed by atoms with Gasteiger partial charge in [0.1, 0.15) is 12.2 Å². The maximum atomic E-state index is 4.05. The van der Waals surface area contributed by atoms with Crippen LogP contribution in [0.2, 0.25) is 0 Å². The summed E-state index contributed by atoms with van der Waals surface area (Å²) in [5.41, 5.74) is 0.665. The molecule has 2 heterocycles. The summed E-state index contributed by atoms with van der Waals surface area (Å²) in [7, 11) is 0. The highest BCUT2D eigenvalue weighted by Gasteiger charge is 2.37. The van der Waals surface area contributed by atoms with Crippen LogP contribution in [-0.2, 0) is 6.54 Å². The van der Waals surface area contributed by atoms with Crippen molar-refractivity contribution in [2.75, 3.05) is 19.6 Å². The van der Waals surface area contributed by atoms with Gasteiger partial charge in [0.05, 0.1) is 0 Å². The van der Waals surface area contributed by atoms with E-state index in [0.29, 0.717) is 5.41 Å². The molecule has 1 aromatic heterocycles. The number of likely N-dealkylation sites (tertiary alicyclic amines) is 1. The Morgan fingerprint density at radius 3 is 2.58 bits per heavy atom. The minimum absolute atomic E-state index is 0.665. The second kappa shape index (κ2) is 5.61. The zero-order chi connectivity index (χ0) is 13.1. The van der Waals surface area contributed by atoms with Crippen LogP contribution in [0.3, 0.4) is 0 Å². The molecule has 0 bridgehead atoms. The zero-order valence-electron chi connectivity index (χ0n) is 12.1. The minimum atomic E-state index is 0.665. The van der Waals surface area contributed by atoms with Crippen LogP contribution >= 0.6 is 0 Å². The number of hydrogen-bond acceptors (Lipinski definition) is 3. The maximum Gasteiger partial charge on any atom is 0.129 e. The molecular weight excluding hydrogens is 236 g/mol. The van der Waals surface area contributed by atoms with Crippen molar-refractivity contribution in [3.8, 4) is 0 Å². The number of aromatic nitrogens is 3. The van der Waals surface area contributed by atoms with Gasteiger partial charge in [0, 0.05) is 19.6 Å². The van der Waals surface area contributed by atoms with Gasteiger partial charge < -0.3 is 9.47 Å². The van der Waals surface area contributed by atoms with Gasteiger partial charge >= 0.3 is 0 Å². The highest BCUT2D eigenvalue weighted by atomic mass is 15.3. The van der Waals surface area contributed by atoms with Crippen LogP contribution in [0, 0.1) is 12.3 Å². The molecule has 4 nitrogen and oxygen atoms in total. The molecule has 0 atom stereocenters. The van der Waals surface area contributed by atoms with Crippen LogP contribution in [-0.4, -0.2) is 39.3 Å². The molecular formula is C15H26N4. The van der Waals surface area contributed by atoms with Crippen molar-refractivity contribution in [1.29, 1.82) is 0 Å². The molecule has 4 heteroatoms. The molecule has 1 aliphatic carbocycles. The summed E-state index contributed by atoms with van der Waals surface area (Å²) < 4.78 is 2.16. The number of rotatable bonds is 3. The monoisotopic (exact) mass is 262 g/mol. The predicted octanol–water partition coefficient (Wildman–Crippen LogP) is 2.63. The lowest BCUT2D eigenvalue weighted by Crippen LogP contribution is -2.29. The topological polar surface area (TPSA) is 34.0 Å². The van der Waals surface area contributed by atoms with E-state index in [4.69, 9.17) is 0 Å². The first kappa shape index (κ1) is 13.1. The average Bonchev–Trinajstić information content (AvgIpc) is 2.90. The highest BCUT2D eigenvalue weighted by molar-refractivity contribution is 4.91. The van der Waals surface area contributed by atoms with Gasteiger partial charge in [-0.3, -0.25) is 0 Å². The number of hydrogen-bond donors (Lipinski definition) is 0. The van der Waals surface area contributed by atoms with Gasteiger partial charge in [-0.1, -0.05) is 25.7 Å². The Morgan fingerprint density at radius 1 is 1.11 bits per heavy atom. The first-order valence-electron chi connectivity index (χ1n) is 7.84. The van der Waals surface area contributed by atoms with E-state index in [1.54, 1.807) is 0 Å². The second-order valence-electron chi connectivity index (χ2n) is 6.51. The lowest BCUT2D eigenvalue weighted by molar-refractivity contribution is 0.224. The third-order valence-corrected chi connectivity index (χ3v) is 5.15. The largest absolute Gasteiger partial charge is 0.317 e. The number of aryl methyl sites for hydroxylation is 1. The smallest absolute Gasteiger partial charge is 0.129 e. The molecule has 106 valence electrons. The molecule has 1 spiro atoms. The average molecular weight is 262 g/mol. The van der Waals surface area contributed by atoms with Crippen molar-refractivity contribution in [2.45, 2.75) is 58.4 Å². The molecule has 1 saturated heterocycles. The molecule has 19 heavy (non-hydrogen) atoms. The van der Waals surface area contributed by atoms with Gasteiger partial charge in [0.15, 0.2) is 0 Å². The Labute approximate surface area is 116 Å². The van der Waals surface area contributed by atoms with Crippen LogP contribution in [0.5, 0.6) is 0 Å². The van der Waals surface area contributed by atoms with Crippen molar-refractivity contribution >= 4 is 0 Å². The molecule has 0 N–H and O–H groups in total. The van der Waals surface area contributed by atoms with Gasteiger partial charge in [-0.25, -0.2) is 0 Å². The lowest BCUT2D eigenvalue weighted by atomic mass is 9.80. The fourth-order valence-electron chi connectivity index (χ4n) is 3.89. The van der Waals surface area contributed by atoms with Gasteiger partial charge in [-0.2, -0.15) is 0 Å². The van der Waals surface area contributed by atoms with Crippen LogP contribution < -0.4 is 0 Å². The summed E-state index contributed by atoms with van der Waals surface area (Å²) in [6, 6.07) is 0. The van der Waals surface area contributed by atoms with E-state index < -0.39 is 0 Å². The van der Waals surface area contributed by atoms with Crippen LogP contribution in [0.25, 0.3) is 0 Å². The molecule has 0 unspecified atom stereocenters. The van der Waals surface area contributed by atoms with Crippen molar-refractivity contribution in [2.24, 2.45) is 5.41 Å². The van der Waals surface area contributed by atoms with Gasteiger partial charge in [-0.15, -0.1) is 10.2 Å². The Hall–Kier alpha value is -0.900. The van der Waals surface area contributed by atoms with E-state index in [0.717, 1.165) is 18.9 Å². The molecule has 0 radical (unpaired) electrons. The Bertz CT molecular complexity index is 404. The fourth-order valence-corrected chi connectivity index (χ4v) is 3.89. The van der Waals surface area contributed by atoms with E-state index in [2.05, 4.69) is 19.7 Å². The van der Waals surface area contributed by atoms with Crippen LogP contribution in [0.1, 0.15) is 50.8 Å². The third kappa shape index (κ3) is 2.99. The Balaban J connectivity index is 1.52. The molecule has 2 aliphatic rings. The van der Waals surface area contributed by atoms with E-state index in [1.165, 1.54) is 58.0 Å². The normalized spacial score (nSPS) is 23.8. The summed E-state index contributed by atoms with van der Waals surface area (Å²) in [5, 5.41) is 8.01. The Kier molecular flexibility index (Phi) is 3.87. The highest BCUT2D eigenvalue weighted by Crippen LogP contribution is 2.42. The van der Waals surface area contributed by atoms with Crippen molar-refractivity contribution in [3.05, 3.63) is 12.2 Å². The molecule has 2 fully saturated rings. The first-order chi connectivity index (χ1) is 9.27. The van der Waals surface area contributed by atoms with E-state index in [1.807, 2.05) is 13.3 Å². The standard InChI is InChI=1S/C15H26N4/c1-14-17-16-13-19(14)11-10-18-9-8-15(12-18)6-4-2-3-5-7-15/h13H,2-12H2,1H3. The molecule has 3 rings (SSSR count). The first-order valence-corrected chi connectivity index (χ1v) is 7.84. The van der Waals surface area contributed by atoms with Crippen molar-refractivity contribution < 1.29 is 0 Å². The number of nitrogens with zero attached hydrogens (tertiary/aromatic N) is 4. The molecule has 1 aromatic rings. The zero-order valence-corrected chi connectivity index (χ0v) is 12.1. The maximum absolute atomic E-state index is 4.05. The van der Waals surface area contributed by atoms with Crippen molar-refractivity contribution in [1.82, 2.24) is 19.7 Å². The summed E-state index contributed by atoms with van der Waals surface area (Å²) in [6.45, 7) is 6.84. The quantitative estimate of drug-likeness (QED) is 0.839. The molecule has 1 aliphatic heterocycles. The summed E-state index contributed by atoms with van der Waals surface area (Å²) in [6.07, 6.45) is 12.0. The molecule has 1 saturated carbocycles. The summed E-state index contributed by atoms with van der Waals surface area (Å²) in [5.74, 6) is 1.03. The second-order valence-corrected chi connectivity index (χ2v) is 6.51. The molecule has 0 aromatic carbocycles. The SMILES string of the molecule is Cc1nncn1CCN1CCC2(CCCCCC2)C1. The Morgan fingerprint density at radius 2 is 1.89 bits per heavy atom. The van der Waals surface area contributed by atoms with Gasteiger partial charge in [0.2, 0.25) is 0 Å². The van der Waals surface area contributed by atoms with Crippen molar-refractivity contribution in [3.63, 3.8) is 0 Å². The van der Waals surface area contributed by atoms with E-state index in [-0.39, 0.29) is 0 Å².